The molecule has 0 amide bonds. The second kappa shape index (κ2) is 5.83. The van der Waals surface area contributed by atoms with Gasteiger partial charge in [0.15, 0.2) is 0 Å². The van der Waals surface area contributed by atoms with Crippen LogP contribution in [0.2, 0.25) is 0 Å². The van der Waals surface area contributed by atoms with E-state index in [-0.39, 0.29) is 17.6 Å². The molecule has 0 saturated heterocycles. The zero-order valence-corrected chi connectivity index (χ0v) is 11.2. The van der Waals surface area contributed by atoms with E-state index in [1.54, 1.807) is 41.3 Å². The van der Waals surface area contributed by atoms with Crippen LogP contribution in [0.1, 0.15) is 17.0 Å². The summed E-state index contributed by atoms with van der Waals surface area (Å²) in [5.41, 5.74) is 1.39. The summed E-state index contributed by atoms with van der Waals surface area (Å²) < 4.78 is 28.9. The average molecular weight is 285 g/mol. The standard InChI is InChI=1S/C16H13F2N3/c17-13-7-5-12(6-8-13)15(9-21-11-19-10-20-21)14-3-1-2-4-16(14)18/h1-8,10-11,15H,9H2. The van der Waals surface area contributed by atoms with Crippen LogP contribution in [0, 0.1) is 11.6 Å². The maximum absolute atomic E-state index is 14.1. The Hall–Kier alpha value is -2.56. The molecule has 0 spiro atoms. The Morgan fingerprint density at radius 1 is 1.00 bits per heavy atom. The van der Waals surface area contributed by atoms with Gasteiger partial charge in [-0.05, 0) is 29.3 Å². The second-order valence-corrected chi connectivity index (χ2v) is 4.74. The Morgan fingerprint density at radius 3 is 2.43 bits per heavy atom. The topological polar surface area (TPSA) is 30.7 Å². The molecule has 106 valence electrons. The molecule has 0 bridgehead atoms. The highest BCUT2D eigenvalue weighted by Crippen LogP contribution is 2.28. The summed E-state index contributed by atoms with van der Waals surface area (Å²) in [6, 6.07) is 12.7. The quantitative estimate of drug-likeness (QED) is 0.735. The Morgan fingerprint density at radius 2 is 1.76 bits per heavy atom. The fourth-order valence-electron chi connectivity index (χ4n) is 2.35. The third-order valence-corrected chi connectivity index (χ3v) is 3.39. The minimum absolute atomic E-state index is 0.256. The minimum atomic E-state index is -0.313. The van der Waals surface area contributed by atoms with E-state index in [0.29, 0.717) is 12.1 Å². The summed E-state index contributed by atoms with van der Waals surface area (Å²) in [6.07, 6.45) is 3.01. The fourth-order valence-corrected chi connectivity index (χ4v) is 2.35. The van der Waals surface area contributed by atoms with Gasteiger partial charge in [0.2, 0.25) is 0 Å². The van der Waals surface area contributed by atoms with Gasteiger partial charge in [-0.15, -0.1) is 0 Å². The largest absolute Gasteiger partial charge is 0.252 e. The summed E-state index contributed by atoms with van der Waals surface area (Å²) in [7, 11) is 0. The third-order valence-electron chi connectivity index (χ3n) is 3.39. The molecule has 2 aromatic carbocycles. The monoisotopic (exact) mass is 285 g/mol. The maximum atomic E-state index is 14.1. The molecule has 0 aliphatic carbocycles. The Bertz CT molecular complexity index is 709. The third kappa shape index (κ3) is 2.97. The summed E-state index contributed by atoms with van der Waals surface area (Å²) >= 11 is 0. The van der Waals surface area contributed by atoms with Crippen LogP contribution in [0.15, 0.2) is 61.2 Å². The molecule has 1 atom stereocenters. The van der Waals surface area contributed by atoms with E-state index < -0.39 is 0 Å². The molecule has 0 aliphatic rings. The van der Waals surface area contributed by atoms with Crippen molar-refractivity contribution >= 4 is 0 Å². The van der Waals surface area contributed by atoms with Crippen LogP contribution < -0.4 is 0 Å². The van der Waals surface area contributed by atoms with Crippen molar-refractivity contribution in [1.82, 2.24) is 14.8 Å². The highest BCUT2D eigenvalue weighted by Gasteiger charge is 2.18. The molecule has 3 aromatic rings. The number of hydrogen-bond acceptors (Lipinski definition) is 2. The lowest BCUT2D eigenvalue weighted by molar-refractivity contribution is 0.530. The zero-order chi connectivity index (χ0) is 14.7. The predicted molar refractivity (Wildman–Crippen MR) is 74.7 cm³/mol. The summed E-state index contributed by atoms with van der Waals surface area (Å²) in [5, 5.41) is 4.06. The van der Waals surface area contributed by atoms with Crippen LogP contribution in [0.4, 0.5) is 8.78 Å². The van der Waals surface area contributed by atoms with Crippen LogP contribution in [-0.4, -0.2) is 14.8 Å². The molecule has 1 aromatic heterocycles. The van der Waals surface area contributed by atoms with E-state index in [4.69, 9.17) is 0 Å². The summed E-state index contributed by atoms with van der Waals surface area (Å²) in [6.45, 7) is 0.437. The molecular weight excluding hydrogens is 272 g/mol. The van der Waals surface area contributed by atoms with Crippen LogP contribution >= 0.6 is 0 Å². The first-order chi connectivity index (χ1) is 10.2. The predicted octanol–water partition coefficient (Wildman–Crippen LogP) is 3.39. The van der Waals surface area contributed by atoms with Gasteiger partial charge in [-0.2, -0.15) is 5.10 Å². The van der Waals surface area contributed by atoms with E-state index in [1.807, 2.05) is 0 Å². The average Bonchev–Trinajstić information content (AvgIpc) is 3.00. The summed E-state index contributed by atoms with van der Waals surface area (Å²) in [4.78, 5) is 3.90. The van der Waals surface area contributed by atoms with Crippen molar-refractivity contribution < 1.29 is 8.78 Å². The number of aromatic nitrogens is 3. The Kier molecular flexibility index (Phi) is 3.73. The highest BCUT2D eigenvalue weighted by atomic mass is 19.1. The van der Waals surface area contributed by atoms with Gasteiger partial charge < -0.3 is 0 Å². The van der Waals surface area contributed by atoms with Gasteiger partial charge in [-0.25, -0.2) is 13.8 Å². The molecule has 1 heterocycles. The van der Waals surface area contributed by atoms with Crippen LogP contribution in [0.25, 0.3) is 0 Å². The van der Waals surface area contributed by atoms with Gasteiger partial charge >= 0.3 is 0 Å². The number of hydrogen-bond donors (Lipinski definition) is 0. The van der Waals surface area contributed by atoms with E-state index >= 15 is 0 Å². The normalized spacial score (nSPS) is 12.3. The number of rotatable bonds is 4. The molecule has 3 nitrogen and oxygen atoms in total. The van der Waals surface area contributed by atoms with Gasteiger partial charge in [-0.3, -0.25) is 4.68 Å². The van der Waals surface area contributed by atoms with E-state index in [9.17, 15) is 8.78 Å². The molecule has 0 radical (unpaired) electrons. The van der Waals surface area contributed by atoms with Gasteiger partial charge in [0.1, 0.15) is 24.3 Å². The smallest absolute Gasteiger partial charge is 0.137 e. The summed E-state index contributed by atoms with van der Waals surface area (Å²) in [5.74, 6) is -0.854. The van der Waals surface area contributed by atoms with Crippen molar-refractivity contribution in [1.29, 1.82) is 0 Å². The minimum Gasteiger partial charge on any atom is -0.252 e. The van der Waals surface area contributed by atoms with Crippen molar-refractivity contribution in [3.63, 3.8) is 0 Å². The number of nitrogens with zero attached hydrogens (tertiary/aromatic N) is 3. The molecule has 0 fully saturated rings. The van der Waals surface area contributed by atoms with Crippen molar-refractivity contribution in [3.8, 4) is 0 Å². The fraction of sp³-hybridized carbons (Fsp3) is 0.125. The highest BCUT2D eigenvalue weighted by molar-refractivity contribution is 5.33. The molecular formula is C16H13F2N3. The maximum Gasteiger partial charge on any atom is 0.137 e. The van der Waals surface area contributed by atoms with Crippen LogP contribution in [0.3, 0.4) is 0 Å². The van der Waals surface area contributed by atoms with Crippen molar-refractivity contribution in [2.45, 2.75) is 12.5 Å². The first kappa shape index (κ1) is 13.4. The van der Waals surface area contributed by atoms with Crippen molar-refractivity contribution in [3.05, 3.63) is 83.9 Å². The van der Waals surface area contributed by atoms with Crippen LogP contribution in [-0.2, 0) is 6.54 Å². The molecule has 0 saturated carbocycles. The van der Waals surface area contributed by atoms with Crippen molar-refractivity contribution in [2.24, 2.45) is 0 Å². The van der Waals surface area contributed by atoms with Gasteiger partial charge in [0.25, 0.3) is 0 Å². The Labute approximate surface area is 120 Å². The number of halogens is 2. The van der Waals surface area contributed by atoms with Crippen LogP contribution in [0.5, 0.6) is 0 Å². The van der Waals surface area contributed by atoms with E-state index in [2.05, 4.69) is 10.1 Å². The molecule has 0 N–H and O–H groups in total. The van der Waals surface area contributed by atoms with Crippen molar-refractivity contribution in [2.75, 3.05) is 0 Å². The Balaban J connectivity index is 2.02. The molecule has 3 rings (SSSR count). The van der Waals surface area contributed by atoms with E-state index in [0.717, 1.165) is 5.56 Å². The first-order valence-corrected chi connectivity index (χ1v) is 6.56. The van der Waals surface area contributed by atoms with Gasteiger partial charge in [0, 0.05) is 5.92 Å². The SMILES string of the molecule is Fc1ccc(C(Cn2cncn2)c2ccccc2F)cc1. The lowest BCUT2D eigenvalue weighted by Gasteiger charge is -2.18. The molecule has 5 heteroatoms. The van der Waals surface area contributed by atoms with E-state index in [1.165, 1.54) is 24.5 Å². The van der Waals surface area contributed by atoms with Gasteiger partial charge in [-0.1, -0.05) is 30.3 Å². The lowest BCUT2D eigenvalue weighted by atomic mass is 9.91. The molecule has 1 unspecified atom stereocenters. The number of benzene rings is 2. The zero-order valence-electron chi connectivity index (χ0n) is 11.2. The molecule has 21 heavy (non-hydrogen) atoms. The van der Waals surface area contributed by atoms with Gasteiger partial charge in [0.05, 0.1) is 6.54 Å². The molecule has 0 aliphatic heterocycles. The lowest BCUT2D eigenvalue weighted by Crippen LogP contribution is -2.12. The second-order valence-electron chi connectivity index (χ2n) is 4.74. The first-order valence-electron chi connectivity index (χ1n) is 6.56.